The Labute approximate surface area is 139 Å². The lowest BCUT2D eigenvalue weighted by Crippen LogP contribution is -2.51. The van der Waals surface area contributed by atoms with Crippen LogP contribution in [0.5, 0.6) is 5.75 Å². The zero-order valence-corrected chi connectivity index (χ0v) is 13.6. The summed E-state index contributed by atoms with van der Waals surface area (Å²) in [5, 5.41) is 8.97. The van der Waals surface area contributed by atoms with Crippen molar-refractivity contribution >= 4 is 29.1 Å². The minimum Gasteiger partial charge on any atom is -0.495 e. The van der Waals surface area contributed by atoms with Gasteiger partial charge in [0.2, 0.25) is 11.8 Å². The van der Waals surface area contributed by atoms with Gasteiger partial charge in [-0.3, -0.25) is 9.59 Å². The number of hydrogen-bond donors (Lipinski definition) is 3. The summed E-state index contributed by atoms with van der Waals surface area (Å²) in [6.45, 7) is 1.84. The molecule has 2 rings (SSSR count). The second-order valence-corrected chi connectivity index (χ2v) is 5.45. The molecular weight excluding hydrogens is 322 g/mol. The second kappa shape index (κ2) is 8.71. The smallest absolute Gasteiger partial charge is 0.239 e. The second-order valence-electron chi connectivity index (χ2n) is 5.02. The summed E-state index contributed by atoms with van der Waals surface area (Å²) in [6.07, 6.45) is 0.148. The Balaban J connectivity index is 1.77. The third-order valence-electron chi connectivity index (χ3n) is 3.33. The van der Waals surface area contributed by atoms with Gasteiger partial charge in [0.05, 0.1) is 26.0 Å². The van der Waals surface area contributed by atoms with Crippen molar-refractivity contribution in [3.63, 3.8) is 0 Å². The Hall–Kier alpha value is -1.83. The van der Waals surface area contributed by atoms with Crippen molar-refractivity contribution in [1.29, 1.82) is 0 Å². The number of methoxy groups -OCH3 is 1. The number of amides is 2. The molecular formula is C15H20ClN3O4. The van der Waals surface area contributed by atoms with E-state index in [0.29, 0.717) is 36.2 Å². The zero-order valence-electron chi connectivity index (χ0n) is 12.9. The highest BCUT2D eigenvalue weighted by Crippen LogP contribution is 2.27. The van der Waals surface area contributed by atoms with Crippen LogP contribution in [0.3, 0.4) is 0 Å². The predicted octanol–water partition coefficient (Wildman–Crippen LogP) is 0.782. The zero-order chi connectivity index (χ0) is 16.7. The molecule has 1 saturated heterocycles. The molecule has 0 radical (unpaired) electrons. The SMILES string of the molecule is COc1ccc(Cl)cc1NC(=O)CCNC(=O)C1COCCN1. The highest BCUT2D eigenvalue weighted by Gasteiger charge is 2.20. The fourth-order valence-corrected chi connectivity index (χ4v) is 2.32. The molecule has 0 saturated carbocycles. The standard InChI is InChI=1S/C15H20ClN3O4/c1-22-13-3-2-10(16)8-11(13)19-14(20)4-5-18-15(21)12-9-23-7-6-17-12/h2-3,8,12,17H,4-7,9H2,1H3,(H,18,21)(H,19,20). The van der Waals surface area contributed by atoms with Crippen LogP contribution < -0.4 is 20.7 Å². The van der Waals surface area contributed by atoms with E-state index in [2.05, 4.69) is 16.0 Å². The topological polar surface area (TPSA) is 88.7 Å². The van der Waals surface area contributed by atoms with Crippen molar-refractivity contribution < 1.29 is 19.1 Å². The lowest BCUT2D eigenvalue weighted by Gasteiger charge is -2.22. The molecule has 3 N–H and O–H groups in total. The number of ether oxygens (including phenoxy) is 2. The molecule has 1 aromatic rings. The molecule has 7 nitrogen and oxygen atoms in total. The summed E-state index contributed by atoms with van der Waals surface area (Å²) in [5.74, 6) is 0.117. The average molecular weight is 342 g/mol. The summed E-state index contributed by atoms with van der Waals surface area (Å²) in [6, 6.07) is 4.60. The molecule has 1 fully saturated rings. The van der Waals surface area contributed by atoms with Crippen LogP contribution >= 0.6 is 11.6 Å². The molecule has 0 spiro atoms. The van der Waals surface area contributed by atoms with Gasteiger partial charge in [0.15, 0.2) is 0 Å². The molecule has 126 valence electrons. The number of hydrogen-bond acceptors (Lipinski definition) is 5. The van der Waals surface area contributed by atoms with Gasteiger partial charge in [0, 0.05) is 24.5 Å². The number of nitrogens with one attached hydrogen (secondary N) is 3. The molecule has 1 aliphatic heterocycles. The van der Waals surface area contributed by atoms with Crippen molar-refractivity contribution in [2.45, 2.75) is 12.5 Å². The van der Waals surface area contributed by atoms with Gasteiger partial charge in [0.1, 0.15) is 11.8 Å². The minimum absolute atomic E-state index is 0.148. The van der Waals surface area contributed by atoms with E-state index in [0.717, 1.165) is 0 Å². The average Bonchev–Trinajstić information content (AvgIpc) is 2.56. The lowest BCUT2D eigenvalue weighted by molar-refractivity contribution is -0.126. The number of halogens is 1. The first kappa shape index (κ1) is 17.5. The predicted molar refractivity (Wildman–Crippen MR) is 86.9 cm³/mol. The van der Waals surface area contributed by atoms with Gasteiger partial charge in [-0.15, -0.1) is 0 Å². The first-order chi connectivity index (χ1) is 11.1. The Kier molecular flexibility index (Phi) is 6.64. The van der Waals surface area contributed by atoms with Crippen molar-refractivity contribution in [2.75, 3.05) is 38.7 Å². The quantitative estimate of drug-likeness (QED) is 0.711. The van der Waals surface area contributed by atoms with Gasteiger partial charge >= 0.3 is 0 Å². The Morgan fingerprint density at radius 2 is 2.30 bits per heavy atom. The van der Waals surface area contributed by atoms with E-state index in [1.165, 1.54) is 7.11 Å². The molecule has 0 aromatic heterocycles. The van der Waals surface area contributed by atoms with Crippen LogP contribution in [0.4, 0.5) is 5.69 Å². The van der Waals surface area contributed by atoms with Crippen molar-refractivity contribution in [1.82, 2.24) is 10.6 Å². The van der Waals surface area contributed by atoms with Crippen LogP contribution in [0.1, 0.15) is 6.42 Å². The molecule has 1 aliphatic rings. The summed E-state index contributed by atoms with van der Waals surface area (Å²) in [7, 11) is 1.51. The van der Waals surface area contributed by atoms with Crippen LogP contribution in [0, 0.1) is 0 Å². The monoisotopic (exact) mass is 341 g/mol. The van der Waals surface area contributed by atoms with Crippen LogP contribution in [0.25, 0.3) is 0 Å². The van der Waals surface area contributed by atoms with Gasteiger partial charge in [-0.25, -0.2) is 0 Å². The normalized spacial score (nSPS) is 17.4. The first-order valence-electron chi connectivity index (χ1n) is 7.32. The van der Waals surface area contributed by atoms with E-state index < -0.39 is 0 Å². The Morgan fingerprint density at radius 1 is 1.48 bits per heavy atom. The molecule has 0 aliphatic carbocycles. The molecule has 0 bridgehead atoms. The van der Waals surface area contributed by atoms with Crippen LogP contribution in [-0.2, 0) is 14.3 Å². The van der Waals surface area contributed by atoms with Crippen molar-refractivity contribution in [2.24, 2.45) is 0 Å². The molecule has 1 atom stereocenters. The number of carbonyl (C=O) groups is 2. The largest absolute Gasteiger partial charge is 0.495 e. The number of rotatable bonds is 6. The van der Waals surface area contributed by atoms with Gasteiger partial charge in [-0.05, 0) is 18.2 Å². The summed E-state index contributed by atoms with van der Waals surface area (Å²) in [4.78, 5) is 23.8. The van der Waals surface area contributed by atoms with E-state index in [-0.39, 0.29) is 30.8 Å². The van der Waals surface area contributed by atoms with Crippen LogP contribution in [0.2, 0.25) is 5.02 Å². The van der Waals surface area contributed by atoms with Crippen molar-refractivity contribution in [3.8, 4) is 5.75 Å². The molecule has 1 aromatic carbocycles. The number of morpholine rings is 1. The lowest BCUT2D eigenvalue weighted by atomic mass is 10.2. The molecule has 2 amide bonds. The molecule has 1 unspecified atom stereocenters. The van der Waals surface area contributed by atoms with Crippen LogP contribution in [-0.4, -0.2) is 51.3 Å². The van der Waals surface area contributed by atoms with Crippen molar-refractivity contribution in [3.05, 3.63) is 23.2 Å². The fourth-order valence-electron chi connectivity index (χ4n) is 2.15. The summed E-state index contributed by atoms with van der Waals surface area (Å²) in [5.41, 5.74) is 0.499. The number of anilines is 1. The van der Waals surface area contributed by atoms with Gasteiger partial charge in [-0.2, -0.15) is 0 Å². The molecule has 1 heterocycles. The number of carbonyl (C=O) groups excluding carboxylic acids is 2. The van der Waals surface area contributed by atoms with E-state index in [9.17, 15) is 9.59 Å². The molecule has 23 heavy (non-hydrogen) atoms. The summed E-state index contributed by atoms with van der Waals surface area (Å²) >= 11 is 5.91. The van der Waals surface area contributed by atoms with E-state index in [1.54, 1.807) is 18.2 Å². The maximum Gasteiger partial charge on any atom is 0.239 e. The minimum atomic E-state index is -0.361. The first-order valence-corrected chi connectivity index (χ1v) is 7.70. The highest BCUT2D eigenvalue weighted by atomic mass is 35.5. The maximum atomic E-state index is 11.9. The van der Waals surface area contributed by atoms with Gasteiger partial charge < -0.3 is 25.4 Å². The summed E-state index contributed by atoms with van der Waals surface area (Å²) < 4.78 is 10.4. The van der Waals surface area contributed by atoms with E-state index in [1.807, 2.05) is 0 Å². The third kappa shape index (κ3) is 5.38. The number of benzene rings is 1. The molecule has 8 heteroatoms. The Morgan fingerprint density at radius 3 is 3.00 bits per heavy atom. The van der Waals surface area contributed by atoms with E-state index in [4.69, 9.17) is 21.1 Å². The third-order valence-corrected chi connectivity index (χ3v) is 3.56. The van der Waals surface area contributed by atoms with Gasteiger partial charge in [-0.1, -0.05) is 11.6 Å². The maximum absolute atomic E-state index is 11.9. The fraction of sp³-hybridized carbons (Fsp3) is 0.467. The highest BCUT2D eigenvalue weighted by molar-refractivity contribution is 6.31. The van der Waals surface area contributed by atoms with Crippen LogP contribution in [0.15, 0.2) is 18.2 Å². The van der Waals surface area contributed by atoms with Gasteiger partial charge in [0.25, 0.3) is 0 Å². The Bertz CT molecular complexity index is 562. The van der Waals surface area contributed by atoms with E-state index >= 15 is 0 Å².